The van der Waals surface area contributed by atoms with E-state index in [1.807, 2.05) is 61.6 Å². The van der Waals surface area contributed by atoms with Gasteiger partial charge in [-0.05, 0) is 79.4 Å². The number of hydrogen-bond donors (Lipinski definition) is 3. The monoisotopic (exact) mass is 997 g/mol. The first kappa shape index (κ1) is 53.1. The number of aromatic nitrogens is 2. The Bertz CT molecular complexity index is 2580. The van der Waals surface area contributed by atoms with E-state index in [-0.39, 0.29) is 70.4 Å². The van der Waals surface area contributed by atoms with Gasteiger partial charge in [-0.15, -0.1) is 0 Å². The van der Waals surface area contributed by atoms with Crippen molar-refractivity contribution in [2.24, 2.45) is 13.0 Å². The quantitative estimate of drug-likeness (QED) is 0.122. The summed E-state index contributed by atoms with van der Waals surface area (Å²) in [4.78, 5) is 81.5. The number of imidazole rings is 1. The minimum atomic E-state index is -1.35. The smallest absolute Gasteiger partial charge is 0.247 e. The van der Waals surface area contributed by atoms with Gasteiger partial charge in [0.15, 0.2) is 0 Å². The number of halogens is 2. The van der Waals surface area contributed by atoms with Gasteiger partial charge in [0.25, 0.3) is 0 Å². The van der Waals surface area contributed by atoms with E-state index in [0.29, 0.717) is 32.9 Å². The van der Waals surface area contributed by atoms with E-state index in [2.05, 4.69) is 15.6 Å². The number of amides is 5. The second-order valence-electron chi connectivity index (χ2n) is 17.5. The summed E-state index contributed by atoms with van der Waals surface area (Å²) in [7, 11) is 7.81. The van der Waals surface area contributed by atoms with Crippen LogP contribution in [-0.2, 0) is 66.5 Å². The Balaban J connectivity index is 1.41. The normalized spacial score (nSPS) is 20.2. The van der Waals surface area contributed by atoms with Crippen LogP contribution in [0.1, 0.15) is 42.3 Å². The largest absolute Gasteiger partial charge is 0.457 e. The molecular formula is C52H61Cl2N7O9. The van der Waals surface area contributed by atoms with Crippen molar-refractivity contribution in [2.45, 2.75) is 69.9 Å². The van der Waals surface area contributed by atoms with Gasteiger partial charge in [0.1, 0.15) is 36.0 Å². The fourth-order valence-corrected chi connectivity index (χ4v) is 8.68. The van der Waals surface area contributed by atoms with Gasteiger partial charge in [-0.2, -0.15) is 0 Å². The van der Waals surface area contributed by atoms with Crippen LogP contribution in [-0.4, -0.2) is 131 Å². The highest BCUT2D eigenvalue weighted by molar-refractivity contribution is 6.31. The van der Waals surface area contributed by atoms with Crippen LogP contribution in [0.3, 0.4) is 0 Å². The molecular weight excluding hydrogens is 938 g/mol. The number of carbonyl (C=O) groups is 5. The summed E-state index contributed by atoms with van der Waals surface area (Å²) in [5, 5.41) is 16.3. The first-order chi connectivity index (χ1) is 33.6. The predicted octanol–water partition coefficient (Wildman–Crippen LogP) is 5.84. The molecule has 0 spiro atoms. The standard InChI is InChI=1S/C52H61Cl2N7O9/c1-33-27-56-48(63)26-41(23-35-12-17-39(53)18-13-35)59(3)52(67)43(31-68-5)57-50(65)45(32-69-6)61(49(64)24-38(51(66)58(33)2)22-34-10-8-7-9-11-34)29-37-14-19-40(54)25-46(37)70-42-20-15-36(16-21-42)44-28-55-47(30-62)60(44)4/h7-21,25,28,33,38,41,43,45,62H,22-24,26-27,29-32H2,1-6H3,(H,56,63)(H,57,65)/t33-,38+,41-,43-,45+/m0/s1. The Morgan fingerprint density at radius 1 is 0.771 bits per heavy atom. The Hall–Kier alpha value is -6.30. The summed E-state index contributed by atoms with van der Waals surface area (Å²) in [6.45, 7) is 0.946. The van der Waals surface area contributed by atoms with E-state index in [9.17, 15) is 24.3 Å². The second kappa shape index (κ2) is 25.0. The average Bonchev–Trinajstić information content (AvgIpc) is 3.73. The first-order valence-electron chi connectivity index (χ1n) is 22.9. The van der Waals surface area contributed by atoms with Crippen LogP contribution in [0.4, 0.5) is 0 Å². The van der Waals surface area contributed by atoms with Gasteiger partial charge in [0.2, 0.25) is 29.5 Å². The third kappa shape index (κ3) is 13.7. The number of benzene rings is 4. The summed E-state index contributed by atoms with van der Waals surface area (Å²) in [5.74, 6) is -2.16. The zero-order valence-electron chi connectivity index (χ0n) is 40.3. The molecule has 1 fully saturated rings. The van der Waals surface area contributed by atoms with E-state index in [0.717, 1.165) is 22.4 Å². The Kier molecular flexibility index (Phi) is 19.0. The molecule has 70 heavy (non-hydrogen) atoms. The fourth-order valence-electron chi connectivity index (χ4n) is 8.40. The van der Waals surface area contributed by atoms with Gasteiger partial charge in [0, 0.05) is 88.0 Å². The van der Waals surface area contributed by atoms with E-state index < -0.39 is 47.8 Å². The van der Waals surface area contributed by atoms with Crippen molar-refractivity contribution in [1.82, 2.24) is 34.9 Å². The van der Waals surface area contributed by atoms with Crippen LogP contribution in [0.15, 0.2) is 103 Å². The first-order valence-corrected chi connectivity index (χ1v) is 23.7. The number of methoxy groups -OCH3 is 2. The number of likely N-dealkylation sites (N-methyl/N-ethyl adjacent to an activating group) is 2. The van der Waals surface area contributed by atoms with Crippen LogP contribution < -0.4 is 15.4 Å². The minimum absolute atomic E-state index is 0.0961. The molecule has 5 amide bonds. The Morgan fingerprint density at radius 2 is 1.44 bits per heavy atom. The molecule has 0 radical (unpaired) electrons. The van der Waals surface area contributed by atoms with Gasteiger partial charge < -0.3 is 49.2 Å². The molecule has 0 bridgehead atoms. The fraction of sp³-hybridized carbons (Fsp3) is 0.385. The lowest BCUT2D eigenvalue weighted by atomic mass is 9.93. The molecule has 2 heterocycles. The van der Waals surface area contributed by atoms with Crippen molar-refractivity contribution < 1.29 is 43.3 Å². The molecule has 6 rings (SSSR count). The third-order valence-electron chi connectivity index (χ3n) is 12.6. The highest BCUT2D eigenvalue weighted by atomic mass is 35.5. The molecule has 4 aromatic carbocycles. The van der Waals surface area contributed by atoms with E-state index >= 15 is 4.79 Å². The predicted molar refractivity (Wildman–Crippen MR) is 266 cm³/mol. The molecule has 1 aliphatic rings. The van der Waals surface area contributed by atoms with Crippen molar-refractivity contribution in [1.29, 1.82) is 0 Å². The second-order valence-corrected chi connectivity index (χ2v) is 18.4. The zero-order chi connectivity index (χ0) is 50.5. The lowest BCUT2D eigenvalue weighted by Gasteiger charge is -2.36. The topological polar surface area (TPSA) is 185 Å². The lowest BCUT2D eigenvalue weighted by Crippen LogP contribution is -2.59. The molecule has 1 aromatic heterocycles. The molecule has 0 saturated carbocycles. The molecule has 0 aliphatic carbocycles. The molecule has 1 aliphatic heterocycles. The maximum Gasteiger partial charge on any atom is 0.247 e. The number of aliphatic hydroxyl groups is 1. The van der Waals surface area contributed by atoms with Crippen LogP contribution in [0.5, 0.6) is 11.5 Å². The summed E-state index contributed by atoms with van der Waals surface area (Å²) >= 11 is 12.8. The van der Waals surface area contributed by atoms with Gasteiger partial charge >= 0.3 is 0 Å². The Morgan fingerprint density at radius 3 is 2.10 bits per heavy atom. The van der Waals surface area contributed by atoms with Gasteiger partial charge in [-0.1, -0.05) is 71.7 Å². The number of hydrogen-bond acceptors (Lipinski definition) is 10. The SMILES string of the molecule is COC[C@@H]1NC(=O)[C@@H](COC)N(Cc2ccc(Cl)cc2Oc2ccc(-c3cnc(CO)n3C)cc2)C(=O)C[C@@H](Cc2ccccc2)C(=O)N(C)[C@@H](C)CNC(=O)C[C@H](Cc2ccc(Cl)cc2)N(C)C1=O. The number of nitrogens with zero attached hydrogens (tertiary/aromatic N) is 5. The van der Waals surface area contributed by atoms with Crippen molar-refractivity contribution in [3.05, 3.63) is 136 Å². The number of nitrogens with one attached hydrogen (secondary N) is 2. The van der Waals surface area contributed by atoms with Crippen molar-refractivity contribution in [2.75, 3.05) is 48.1 Å². The molecule has 16 nitrogen and oxygen atoms in total. The van der Waals surface area contributed by atoms with E-state index in [1.165, 1.54) is 28.9 Å². The number of aliphatic hydroxyl groups excluding tert-OH is 1. The lowest BCUT2D eigenvalue weighted by molar-refractivity contribution is -0.148. The molecule has 0 unspecified atom stereocenters. The van der Waals surface area contributed by atoms with Gasteiger partial charge in [0.05, 0.1) is 37.6 Å². The van der Waals surface area contributed by atoms with E-state index in [4.69, 9.17) is 37.4 Å². The summed E-state index contributed by atoms with van der Waals surface area (Å²) in [6, 6.07) is 24.8. The maximum atomic E-state index is 15.2. The number of rotatable bonds is 14. The maximum absolute atomic E-state index is 15.2. The minimum Gasteiger partial charge on any atom is -0.457 e. The van der Waals surface area contributed by atoms with E-state index in [1.54, 1.807) is 74.2 Å². The molecule has 5 atom stereocenters. The van der Waals surface area contributed by atoms with Crippen molar-refractivity contribution in [3.8, 4) is 22.8 Å². The van der Waals surface area contributed by atoms with Crippen LogP contribution in [0, 0.1) is 5.92 Å². The van der Waals surface area contributed by atoms with Crippen molar-refractivity contribution in [3.63, 3.8) is 0 Å². The Labute approximate surface area is 418 Å². The van der Waals surface area contributed by atoms with Gasteiger partial charge in [-0.3, -0.25) is 24.0 Å². The molecule has 372 valence electrons. The highest BCUT2D eigenvalue weighted by Crippen LogP contribution is 2.33. The molecule has 18 heteroatoms. The molecule has 5 aromatic rings. The number of ether oxygens (including phenoxy) is 3. The average molecular weight is 999 g/mol. The van der Waals surface area contributed by atoms with Crippen LogP contribution in [0.2, 0.25) is 10.0 Å². The van der Waals surface area contributed by atoms with Crippen LogP contribution in [0.25, 0.3) is 11.3 Å². The highest BCUT2D eigenvalue weighted by Gasteiger charge is 2.38. The molecule has 3 N–H and O–H groups in total. The van der Waals surface area contributed by atoms with Crippen LogP contribution >= 0.6 is 23.2 Å². The zero-order valence-corrected chi connectivity index (χ0v) is 41.8. The molecule has 1 saturated heterocycles. The summed E-state index contributed by atoms with van der Waals surface area (Å²) < 4.78 is 19.4. The van der Waals surface area contributed by atoms with Crippen molar-refractivity contribution >= 4 is 52.7 Å². The summed E-state index contributed by atoms with van der Waals surface area (Å²) in [5.41, 5.74) is 3.72. The number of carbonyl (C=O) groups excluding carboxylic acids is 5. The van der Waals surface area contributed by atoms with Gasteiger partial charge in [-0.25, -0.2) is 4.98 Å². The summed E-state index contributed by atoms with van der Waals surface area (Å²) in [6.07, 6.45) is 1.72. The third-order valence-corrected chi connectivity index (χ3v) is 13.1.